The monoisotopic (exact) mass is 226 g/mol. The highest BCUT2D eigenvalue weighted by Crippen LogP contribution is 2.30. The van der Waals surface area contributed by atoms with E-state index in [4.69, 9.17) is 17.3 Å². The SMILES string of the molecule is Cc1nc(OC(F)(F)F)c(Cl)cc1N. The third kappa shape index (κ3) is 2.66. The summed E-state index contributed by atoms with van der Waals surface area (Å²) in [6.45, 7) is 1.45. The quantitative estimate of drug-likeness (QED) is 0.801. The molecule has 1 rings (SSSR count). The summed E-state index contributed by atoms with van der Waals surface area (Å²) in [6.07, 6.45) is -4.81. The van der Waals surface area contributed by atoms with Crippen LogP contribution in [-0.2, 0) is 0 Å². The van der Waals surface area contributed by atoms with E-state index in [1.165, 1.54) is 6.92 Å². The van der Waals surface area contributed by atoms with Crippen LogP contribution in [0.3, 0.4) is 0 Å². The van der Waals surface area contributed by atoms with Gasteiger partial charge < -0.3 is 10.5 Å². The highest BCUT2D eigenvalue weighted by atomic mass is 35.5. The molecule has 14 heavy (non-hydrogen) atoms. The number of ether oxygens (including phenoxy) is 1. The second kappa shape index (κ2) is 3.53. The van der Waals surface area contributed by atoms with Crippen LogP contribution in [0.1, 0.15) is 5.69 Å². The van der Waals surface area contributed by atoms with Gasteiger partial charge in [0.05, 0.1) is 11.4 Å². The molecule has 0 saturated carbocycles. The Morgan fingerprint density at radius 3 is 2.57 bits per heavy atom. The average Bonchev–Trinajstić information content (AvgIpc) is 1.97. The predicted octanol–water partition coefficient (Wildman–Crippen LogP) is 2.52. The summed E-state index contributed by atoms with van der Waals surface area (Å²) >= 11 is 5.44. The molecule has 0 bridgehead atoms. The number of hydrogen-bond acceptors (Lipinski definition) is 3. The summed E-state index contributed by atoms with van der Waals surface area (Å²) in [5.74, 6) is -0.689. The van der Waals surface area contributed by atoms with Crippen molar-refractivity contribution in [3.8, 4) is 5.88 Å². The fraction of sp³-hybridized carbons (Fsp3) is 0.286. The van der Waals surface area contributed by atoms with Crippen molar-refractivity contribution < 1.29 is 17.9 Å². The maximum atomic E-state index is 11.8. The lowest BCUT2D eigenvalue weighted by atomic mass is 10.3. The van der Waals surface area contributed by atoms with Crippen molar-refractivity contribution in [2.45, 2.75) is 13.3 Å². The van der Waals surface area contributed by atoms with Crippen LogP contribution in [0.2, 0.25) is 5.02 Å². The van der Waals surface area contributed by atoms with Gasteiger partial charge >= 0.3 is 6.36 Å². The Labute approximate surface area is 82.6 Å². The molecule has 0 atom stereocenters. The number of nitrogens with zero attached hydrogens (tertiary/aromatic N) is 1. The topological polar surface area (TPSA) is 48.1 Å². The van der Waals surface area contributed by atoms with Gasteiger partial charge in [0.2, 0.25) is 5.88 Å². The van der Waals surface area contributed by atoms with E-state index < -0.39 is 12.2 Å². The number of rotatable bonds is 1. The highest BCUT2D eigenvalue weighted by molar-refractivity contribution is 6.32. The zero-order valence-corrected chi connectivity index (χ0v) is 7.78. The lowest BCUT2D eigenvalue weighted by molar-refractivity contribution is -0.276. The molecule has 0 aliphatic carbocycles. The van der Waals surface area contributed by atoms with Gasteiger partial charge in [-0.05, 0) is 13.0 Å². The van der Waals surface area contributed by atoms with Crippen LogP contribution in [0, 0.1) is 6.92 Å². The number of nitrogen functional groups attached to an aromatic ring is 1. The van der Waals surface area contributed by atoms with E-state index in [-0.39, 0.29) is 16.4 Å². The molecular weight excluding hydrogens is 221 g/mol. The number of anilines is 1. The Morgan fingerprint density at radius 2 is 2.07 bits per heavy atom. The Kier molecular flexibility index (Phi) is 2.75. The Morgan fingerprint density at radius 1 is 1.50 bits per heavy atom. The third-order valence-corrected chi connectivity index (χ3v) is 1.66. The number of aromatic nitrogens is 1. The standard InChI is InChI=1S/C7H6ClF3N2O/c1-3-5(12)2-4(8)6(13-3)14-7(9,10)11/h2H,12H2,1H3. The summed E-state index contributed by atoms with van der Waals surface area (Å²) in [7, 11) is 0. The number of alkyl halides is 3. The number of nitrogens with two attached hydrogens (primary N) is 1. The largest absolute Gasteiger partial charge is 0.574 e. The molecule has 0 aliphatic heterocycles. The number of pyridine rings is 1. The first kappa shape index (κ1) is 10.9. The Balaban J connectivity index is 3.04. The summed E-state index contributed by atoms with van der Waals surface area (Å²) < 4.78 is 39.0. The van der Waals surface area contributed by atoms with Crippen molar-refractivity contribution in [2.75, 3.05) is 5.73 Å². The molecule has 1 heterocycles. The number of halogens is 4. The van der Waals surface area contributed by atoms with E-state index in [0.29, 0.717) is 0 Å². The van der Waals surface area contributed by atoms with Gasteiger partial charge in [-0.3, -0.25) is 0 Å². The van der Waals surface area contributed by atoms with E-state index in [0.717, 1.165) is 6.07 Å². The van der Waals surface area contributed by atoms with E-state index in [9.17, 15) is 13.2 Å². The van der Waals surface area contributed by atoms with Crippen LogP contribution < -0.4 is 10.5 Å². The maximum absolute atomic E-state index is 11.8. The molecule has 0 spiro atoms. The summed E-state index contributed by atoms with van der Waals surface area (Å²) in [4.78, 5) is 3.46. The minimum absolute atomic E-state index is 0.213. The van der Waals surface area contributed by atoms with Gasteiger partial charge in [-0.25, -0.2) is 4.98 Å². The molecular formula is C7H6ClF3N2O. The molecule has 0 radical (unpaired) electrons. The van der Waals surface area contributed by atoms with Crippen molar-refractivity contribution in [1.29, 1.82) is 0 Å². The first-order chi connectivity index (χ1) is 6.29. The fourth-order valence-corrected chi connectivity index (χ4v) is 0.953. The van der Waals surface area contributed by atoms with Crippen molar-refractivity contribution in [1.82, 2.24) is 4.98 Å². The summed E-state index contributed by atoms with van der Waals surface area (Å²) in [5, 5.41) is -0.273. The molecule has 1 aromatic heterocycles. The zero-order valence-electron chi connectivity index (χ0n) is 7.02. The minimum Gasteiger partial charge on any atom is -0.397 e. The summed E-state index contributed by atoms with van der Waals surface area (Å²) in [5.41, 5.74) is 5.81. The molecule has 7 heteroatoms. The van der Waals surface area contributed by atoms with Gasteiger partial charge in [-0.1, -0.05) is 11.6 Å². The van der Waals surface area contributed by atoms with E-state index >= 15 is 0 Å². The third-order valence-electron chi connectivity index (χ3n) is 1.39. The number of aryl methyl sites for hydroxylation is 1. The van der Waals surface area contributed by atoms with Crippen molar-refractivity contribution in [3.05, 3.63) is 16.8 Å². The number of hydrogen-bond donors (Lipinski definition) is 1. The molecule has 0 aliphatic rings. The van der Waals surface area contributed by atoms with Gasteiger partial charge in [0.15, 0.2) is 0 Å². The fourth-order valence-electron chi connectivity index (χ4n) is 0.754. The average molecular weight is 227 g/mol. The Hall–Kier alpha value is -1.17. The zero-order chi connectivity index (χ0) is 10.9. The van der Waals surface area contributed by atoms with E-state index in [2.05, 4.69) is 9.72 Å². The molecule has 0 saturated heterocycles. The molecule has 0 unspecified atom stereocenters. The van der Waals surface area contributed by atoms with Gasteiger partial charge in [0.25, 0.3) is 0 Å². The van der Waals surface area contributed by atoms with Crippen molar-refractivity contribution in [2.24, 2.45) is 0 Å². The van der Waals surface area contributed by atoms with Crippen LogP contribution in [0.25, 0.3) is 0 Å². The smallest absolute Gasteiger partial charge is 0.397 e. The normalized spacial score (nSPS) is 11.5. The molecule has 3 nitrogen and oxygen atoms in total. The lowest BCUT2D eigenvalue weighted by Crippen LogP contribution is -2.18. The first-order valence-corrected chi connectivity index (χ1v) is 3.86. The summed E-state index contributed by atoms with van der Waals surface area (Å²) in [6, 6.07) is 1.16. The Bertz CT molecular complexity index is 354. The van der Waals surface area contributed by atoms with Crippen LogP contribution in [-0.4, -0.2) is 11.3 Å². The first-order valence-electron chi connectivity index (χ1n) is 3.48. The molecule has 78 valence electrons. The van der Waals surface area contributed by atoms with Crippen LogP contribution >= 0.6 is 11.6 Å². The molecule has 0 amide bonds. The second-order valence-electron chi connectivity index (χ2n) is 2.50. The van der Waals surface area contributed by atoms with Crippen LogP contribution in [0.5, 0.6) is 5.88 Å². The van der Waals surface area contributed by atoms with E-state index in [1.807, 2.05) is 0 Å². The molecule has 0 aromatic carbocycles. The molecule has 1 aromatic rings. The molecule has 2 N–H and O–H groups in total. The maximum Gasteiger partial charge on any atom is 0.574 e. The molecule has 0 fully saturated rings. The lowest BCUT2D eigenvalue weighted by Gasteiger charge is -2.10. The van der Waals surface area contributed by atoms with Crippen molar-refractivity contribution in [3.63, 3.8) is 0 Å². The van der Waals surface area contributed by atoms with Gasteiger partial charge in [-0.2, -0.15) is 0 Å². The van der Waals surface area contributed by atoms with Crippen LogP contribution in [0.4, 0.5) is 18.9 Å². The van der Waals surface area contributed by atoms with E-state index in [1.54, 1.807) is 0 Å². The van der Waals surface area contributed by atoms with Gasteiger partial charge in [-0.15, -0.1) is 13.2 Å². The van der Waals surface area contributed by atoms with Gasteiger partial charge in [0.1, 0.15) is 5.02 Å². The second-order valence-corrected chi connectivity index (χ2v) is 2.90. The van der Waals surface area contributed by atoms with Crippen molar-refractivity contribution >= 4 is 17.3 Å². The highest BCUT2D eigenvalue weighted by Gasteiger charge is 2.33. The van der Waals surface area contributed by atoms with Crippen LogP contribution in [0.15, 0.2) is 6.07 Å². The van der Waals surface area contributed by atoms with Gasteiger partial charge in [0, 0.05) is 0 Å². The minimum atomic E-state index is -4.81. The predicted molar refractivity (Wildman–Crippen MR) is 45.1 cm³/mol.